The molecule has 2 fully saturated rings. The minimum Gasteiger partial charge on any atom is -0.339 e. The van der Waals surface area contributed by atoms with E-state index in [0.717, 1.165) is 19.3 Å². The molecule has 0 saturated carbocycles. The molecule has 0 atom stereocenters. The first-order valence-corrected chi connectivity index (χ1v) is 12.9. The van der Waals surface area contributed by atoms with Crippen LogP contribution in [-0.4, -0.2) is 60.6 Å². The zero-order valence-corrected chi connectivity index (χ0v) is 18.8. The summed E-state index contributed by atoms with van der Waals surface area (Å²) < 4.78 is 27.1. The Morgan fingerprint density at radius 2 is 1.68 bits per heavy atom. The lowest BCUT2D eigenvalue weighted by molar-refractivity contribution is -0.121. The molecule has 2 aromatic rings. The Kier molecular flexibility index (Phi) is 6.68. The number of carbonyl (C=O) groups excluding carboxylic acids is 2. The summed E-state index contributed by atoms with van der Waals surface area (Å²) in [6, 6.07) is 6.21. The standard InChI is InChI=1S/C21H26N4O4S2/c26-19(23-21-22-10-15-30-21)16-8-13-24(14-9-16)20(27)17-4-6-18(7-5-17)31(28,29)25-11-2-1-3-12-25/h4-7,10,15-16H,1-3,8-9,11-14H2,(H,22,23,26). The van der Waals surface area contributed by atoms with E-state index in [9.17, 15) is 18.0 Å². The number of aromatic nitrogens is 1. The summed E-state index contributed by atoms with van der Waals surface area (Å²) >= 11 is 1.38. The molecule has 166 valence electrons. The van der Waals surface area contributed by atoms with Crippen molar-refractivity contribution in [3.05, 3.63) is 41.4 Å². The summed E-state index contributed by atoms with van der Waals surface area (Å²) in [7, 11) is -3.51. The molecule has 0 aliphatic carbocycles. The Hall–Kier alpha value is -2.30. The fourth-order valence-corrected chi connectivity index (χ4v) is 6.09. The summed E-state index contributed by atoms with van der Waals surface area (Å²) in [5.74, 6) is -0.347. The van der Waals surface area contributed by atoms with Gasteiger partial charge in [0.1, 0.15) is 0 Å². The third-order valence-corrected chi connectivity index (χ3v) is 8.47. The van der Waals surface area contributed by atoms with Gasteiger partial charge in [-0.3, -0.25) is 9.59 Å². The van der Waals surface area contributed by atoms with Crippen LogP contribution in [0.4, 0.5) is 5.13 Å². The van der Waals surface area contributed by atoms with Crippen LogP contribution in [0.25, 0.3) is 0 Å². The lowest BCUT2D eigenvalue weighted by atomic mass is 9.95. The van der Waals surface area contributed by atoms with Crippen LogP contribution in [0.5, 0.6) is 0 Å². The van der Waals surface area contributed by atoms with Crippen LogP contribution in [0.3, 0.4) is 0 Å². The molecule has 10 heteroatoms. The van der Waals surface area contributed by atoms with Gasteiger partial charge in [-0.1, -0.05) is 6.42 Å². The van der Waals surface area contributed by atoms with Gasteiger partial charge in [0.15, 0.2) is 5.13 Å². The maximum atomic E-state index is 12.9. The van der Waals surface area contributed by atoms with E-state index in [-0.39, 0.29) is 22.6 Å². The van der Waals surface area contributed by atoms with Crippen molar-refractivity contribution in [2.75, 3.05) is 31.5 Å². The summed E-state index contributed by atoms with van der Waals surface area (Å²) in [6.07, 6.45) is 5.64. The number of likely N-dealkylation sites (tertiary alicyclic amines) is 1. The molecule has 2 saturated heterocycles. The Morgan fingerprint density at radius 1 is 1.00 bits per heavy atom. The van der Waals surface area contributed by atoms with Gasteiger partial charge in [0.05, 0.1) is 4.90 Å². The Balaban J connectivity index is 1.34. The van der Waals surface area contributed by atoms with E-state index in [0.29, 0.717) is 49.7 Å². The quantitative estimate of drug-likeness (QED) is 0.737. The van der Waals surface area contributed by atoms with Gasteiger partial charge in [-0.15, -0.1) is 11.3 Å². The van der Waals surface area contributed by atoms with Gasteiger partial charge in [-0.05, 0) is 49.9 Å². The fraction of sp³-hybridized carbons (Fsp3) is 0.476. The number of nitrogens with zero attached hydrogens (tertiary/aromatic N) is 3. The molecule has 0 unspecified atom stereocenters. The van der Waals surface area contributed by atoms with E-state index < -0.39 is 10.0 Å². The average molecular weight is 463 g/mol. The van der Waals surface area contributed by atoms with Crippen LogP contribution in [0.1, 0.15) is 42.5 Å². The first-order chi connectivity index (χ1) is 14.9. The van der Waals surface area contributed by atoms with Crippen molar-refractivity contribution in [1.82, 2.24) is 14.2 Å². The van der Waals surface area contributed by atoms with Gasteiger partial charge in [0.2, 0.25) is 15.9 Å². The number of thiazole rings is 1. The van der Waals surface area contributed by atoms with E-state index in [1.807, 2.05) is 0 Å². The minimum absolute atomic E-state index is 0.0608. The zero-order valence-electron chi connectivity index (χ0n) is 17.2. The number of rotatable bonds is 5. The minimum atomic E-state index is -3.51. The van der Waals surface area contributed by atoms with Crippen molar-refractivity contribution in [3.8, 4) is 0 Å². The van der Waals surface area contributed by atoms with Crippen molar-refractivity contribution in [1.29, 1.82) is 0 Å². The lowest BCUT2D eigenvalue weighted by Gasteiger charge is -2.31. The van der Waals surface area contributed by atoms with E-state index in [4.69, 9.17) is 0 Å². The van der Waals surface area contributed by atoms with Crippen LogP contribution in [-0.2, 0) is 14.8 Å². The molecule has 3 heterocycles. The van der Waals surface area contributed by atoms with Crippen LogP contribution in [0, 0.1) is 5.92 Å². The molecule has 1 N–H and O–H groups in total. The van der Waals surface area contributed by atoms with Crippen LogP contribution < -0.4 is 5.32 Å². The second-order valence-corrected chi connectivity index (χ2v) is 10.7. The Morgan fingerprint density at radius 3 is 2.29 bits per heavy atom. The molecular weight excluding hydrogens is 436 g/mol. The van der Waals surface area contributed by atoms with Gasteiger partial charge in [-0.25, -0.2) is 13.4 Å². The molecule has 2 amide bonds. The molecule has 8 nitrogen and oxygen atoms in total. The van der Waals surface area contributed by atoms with Gasteiger partial charge < -0.3 is 10.2 Å². The maximum absolute atomic E-state index is 12.9. The number of carbonyl (C=O) groups is 2. The third kappa shape index (κ3) is 4.97. The first kappa shape index (κ1) is 21.9. The van der Waals surface area contributed by atoms with Crippen molar-refractivity contribution >= 4 is 38.3 Å². The predicted molar refractivity (Wildman–Crippen MR) is 118 cm³/mol. The van der Waals surface area contributed by atoms with Gasteiger partial charge in [0, 0.05) is 49.2 Å². The molecule has 0 bridgehead atoms. The fourth-order valence-electron chi connectivity index (χ4n) is 4.04. The zero-order chi connectivity index (χ0) is 21.8. The molecule has 4 rings (SSSR count). The largest absolute Gasteiger partial charge is 0.339 e. The second-order valence-electron chi connectivity index (χ2n) is 7.88. The Bertz CT molecular complexity index is 1010. The van der Waals surface area contributed by atoms with Gasteiger partial charge in [0.25, 0.3) is 5.91 Å². The van der Waals surface area contributed by atoms with E-state index in [2.05, 4.69) is 10.3 Å². The van der Waals surface area contributed by atoms with Crippen molar-refractivity contribution in [2.24, 2.45) is 5.92 Å². The predicted octanol–water partition coefficient (Wildman–Crippen LogP) is 2.81. The van der Waals surface area contributed by atoms with E-state index >= 15 is 0 Å². The highest BCUT2D eigenvalue weighted by molar-refractivity contribution is 7.89. The average Bonchev–Trinajstić information content (AvgIpc) is 3.32. The SMILES string of the molecule is O=C(Nc1nccs1)C1CCN(C(=O)c2ccc(S(=O)(=O)N3CCCCC3)cc2)CC1. The maximum Gasteiger partial charge on any atom is 0.253 e. The first-order valence-electron chi connectivity index (χ1n) is 10.5. The summed E-state index contributed by atoms with van der Waals surface area (Å²) in [4.78, 5) is 31.2. The highest BCUT2D eigenvalue weighted by Gasteiger charge is 2.29. The monoisotopic (exact) mass is 462 g/mol. The van der Waals surface area contributed by atoms with Crippen molar-refractivity contribution in [2.45, 2.75) is 37.0 Å². The third-order valence-electron chi connectivity index (χ3n) is 5.87. The smallest absolute Gasteiger partial charge is 0.253 e. The molecule has 1 aromatic carbocycles. The molecule has 1 aromatic heterocycles. The molecule has 2 aliphatic rings. The number of hydrogen-bond acceptors (Lipinski definition) is 6. The molecule has 0 radical (unpaired) electrons. The number of sulfonamides is 1. The van der Waals surface area contributed by atoms with Crippen molar-refractivity contribution < 1.29 is 18.0 Å². The number of nitrogens with one attached hydrogen (secondary N) is 1. The highest BCUT2D eigenvalue weighted by Crippen LogP contribution is 2.24. The number of anilines is 1. The van der Waals surface area contributed by atoms with Crippen molar-refractivity contribution in [3.63, 3.8) is 0 Å². The van der Waals surface area contributed by atoms with Crippen LogP contribution >= 0.6 is 11.3 Å². The lowest BCUT2D eigenvalue weighted by Crippen LogP contribution is -2.41. The number of amides is 2. The van der Waals surface area contributed by atoms with Crippen LogP contribution in [0.15, 0.2) is 40.7 Å². The number of benzene rings is 1. The number of hydrogen-bond donors (Lipinski definition) is 1. The summed E-state index contributed by atoms with van der Waals surface area (Å²) in [5.41, 5.74) is 0.461. The second kappa shape index (κ2) is 9.46. The molecule has 31 heavy (non-hydrogen) atoms. The normalized spacial score (nSPS) is 18.6. The van der Waals surface area contributed by atoms with E-state index in [1.165, 1.54) is 27.8 Å². The summed E-state index contributed by atoms with van der Waals surface area (Å²) in [6.45, 7) is 2.08. The Labute approximate surface area is 186 Å². The molecule has 2 aliphatic heterocycles. The van der Waals surface area contributed by atoms with E-state index in [1.54, 1.807) is 28.6 Å². The van der Waals surface area contributed by atoms with Gasteiger partial charge >= 0.3 is 0 Å². The molecule has 0 spiro atoms. The molecular formula is C21H26N4O4S2. The highest BCUT2D eigenvalue weighted by atomic mass is 32.2. The van der Waals surface area contributed by atoms with Crippen LogP contribution in [0.2, 0.25) is 0 Å². The summed E-state index contributed by atoms with van der Waals surface area (Å²) in [5, 5.41) is 5.21. The van der Waals surface area contributed by atoms with Gasteiger partial charge in [-0.2, -0.15) is 4.31 Å². The number of piperidine rings is 2. The topological polar surface area (TPSA) is 99.7 Å².